The number of rotatable bonds is 4. The lowest BCUT2D eigenvalue weighted by molar-refractivity contribution is -0.122. The van der Waals surface area contributed by atoms with Crippen LogP contribution in [-0.2, 0) is 9.59 Å². The van der Waals surface area contributed by atoms with Crippen LogP contribution >= 0.6 is 0 Å². The summed E-state index contributed by atoms with van der Waals surface area (Å²) in [5, 5.41) is 2.96. The van der Waals surface area contributed by atoms with Crippen molar-refractivity contribution < 1.29 is 28.5 Å². The van der Waals surface area contributed by atoms with Gasteiger partial charge in [0.05, 0.1) is 14.2 Å². The molecule has 0 saturated heterocycles. The molecule has 0 radical (unpaired) electrons. The molecule has 0 unspecified atom stereocenters. The zero-order valence-corrected chi connectivity index (χ0v) is 17.4. The Labute approximate surface area is 179 Å². The van der Waals surface area contributed by atoms with Crippen molar-refractivity contribution in [2.45, 2.75) is 31.1 Å². The molecule has 7 heteroatoms. The normalized spacial score (nSPS) is 22.1. The summed E-state index contributed by atoms with van der Waals surface area (Å²) in [7, 11) is 3.18. The van der Waals surface area contributed by atoms with Crippen LogP contribution < -0.4 is 24.3 Å². The summed E-state index contributed by atoms with van der Waals surface area (Å²) in [6, 6.07) is 11.3. The smallest absolute Gasteiger partial charge is 0.231 e. The molecule has 2 aliphatic heterocycles. The Morgan fingerprint density at radius 1 is 0.871 bits per heavy atom. The Kier molecular flexibility index (Phi) is 4.81. The van der Waals surface area contributed by atoms with Gasteiger partial charge in [-0.25, -0.2) is 0 Å². The van der Waals surface area contributed by atoms with Crippen LogP contribution in [0.25, 0.3) is 0 Å². The molecular weight excluding hydrogens is 398 g/mol. The van der Waals surface area contributed by atoms with E-state index in [-0.39, 0.29) is 36.7 Å². The molecule has 5 rings (SSSR count). The van der Waals surface area contributed by atoms with E-state index in [9.17, 15) is 9.59 Å². The van der Waals surface area contributed by atoms with Gasteiger partial charge in [0.25, 0.3) is 0 Å². The number of carbonyl (C=O) groups excluding carboxylic acids is 2. The van der Waals surface area contributed by atoms with Crippen LogP contribution in [0.3, 0.4) is 0 Å². The summed E-state index contributed by atoms with van der Waals surface area (Å²) >= 11 is 0. The zero-order valence-electron chi connectivity index (χ0n) is 17.4. The molecule has 7 nitrogen and oxygen atoms in total. The molecule has 2 aromatic rings. The molecule has 0 spiro atoms. The Morgan fingerprint density at radius 2 is 1.65 bits per heavy atom. The Morgan fingerprint density at radius 3 is 2.45 bits per heavy atom. The topological polar surface area (TPSA) is 83.1 Å². The van der Waals surface area contributed by atoms with Crippen LogP contribution in [0, 0.1) is 0 Å². The summed E-state index contributed by atoms with van der Waals surface area (Å²) in [4.78, 5) is 25.8. The van der Waals surface area contributed by atoms with Gasteiger partial charge < -0.3 is 24.3 Å². The lowest BCUT2D eigenvalue weighted by Crippen LogP contribution is -2.38. The number of ketones is 1. The third-order valence-corrected chi connectivity index (χ3v) is 6.21. The van der Waals surface area contributed by atoms with E-state index in [1.807, 2.05) is 36.4 Å². The number of Topliss-reactive ketones (excluding diaryl/α,β-unsaturated/α-hetero) is 1. The maximum atomic E-state index is 13.3. The number of hydrogen-bond donors (Lipinski definition) is 1. The minimum absolute atomic E-state index is 0.0399. The number of ether oxygens (including phenoxy) is 4. The van der Waals surface area contributed by atoms with Gasteiger partial charge >= 0.3 is 0 Å². The molecule has 0 aromatic heterocycles. The molecule has 2 atom stereocenters. The average Bonchev–Trinajstić information content (AvgIpc) is 3.25. The SMILES string of the molecule is COc1ccc([C@H]2CC(=O)C3=C(C2)NC(=O)C[C@H]3c2ccc3c(c2)OCO3)cc1OC. The van der Waals surface area contributed by atoms with Gasteiger partial charge in [-0.15, -0.1) is 0 Å². The molecule has 3 aliphatic rings. The van der Waals surface area contributed by atoms with Crippen molar-refractivity contribution >= 4 is 11.7 Å². The van der Waals surface area contributed by atoms with E-state index in [4.69, 9.17) is 18.9 Å². The molecule has 0 saturated carbocycles. The van der Waals surface area contributed by atoms with Crippen molar-refractivity contribution in [3.63, 3.8) is 0 Å². The largest absolute Gasteiger partial charge is 0.493 e. The minimum Gasteiger partial charge on any atom is -0.493 e. The maximum Gasteiger partial charge on any atom is 0.231 e. The number of methoxy groups -OCH3 is 2. The van der Waals surface area contributed by atoms with E-state index in [0.29, 0.717) is 41.4 Å². The summed E-state index contributed by atoms with van der Waals surface area (Å²) in [5.74, 6) is 2.25. The van der Waals surface area contributed by atoms with Gasteiger partial charge in [0.2, 0.25) is 12.7 Å². The van der Waals surface area contributed by atoms with Crippen LogP contribution in [0.15, 0.2) is 47.7 Å². The molecule has 0 fully saturated rings. The Balaban J connectivity index is 1.49. The van der Waals surface area contributed by atoms with Gasteiger partial charge in [-0.2, -0.15) is 0 Å². The fourth-order valence-corrected chi connectivity index (χ4v) is 4.72. The van der Waals surface area contributed by atoms with E-state index in [1.165, 1.54) is 0 Å². The van der Waals surface area contributed by atoms with E-state index < -0.39 is 0 Å². The first-order valence-corrected chi connectivity index (χ1v) is 10.2. The van der Waals surface area contributed by atoms with E-state index >= 15 is 0 Å². The first-order valence-electron chi connectivity index (χ1n) is 10.2. The molecule has 31 heavy (non-hydrogen) atoms. The van der Waals surface area contributed by atoms with Gasteiger partial charge in [-0.05, 0) is 47.7 Å². The van der Waals surface area contributed by atoms with Crippen LogP contribution in [0.4, 0.5) is 0 Å². The van der Waals surface area contributed by atoms with Crippen molar-refractivity contribution in [2.75, 3.05) is 21.0 Å². The predicted molar refractivity (Wildman–Crippen MR) is 112 cm³/mol. The summed E-state index contributed by atoms with van der Waals surface area (Å²) in [5.41, 5.74) is 3.30. The highest BCUT2D eigenvalue weighted by molar-refractivity contribution is 6.02. The highest BCUT2D eigenvalue weighted by Gasteiger charge is 2.38. The summed E-state index contributed by atoms with van der Waals surface area (Å²) in [6.07, 6.45) is 1.21. The lowest BCUT2D eigenvalue weighted by Gasteiger charge is -2.34. The molecule has 2 heterocycles. The van der Waals surface area contributed by atoms with Gasteiger partial charge in [-0.3, -0.25) is 9.59 Å². The third-order valence-electron chi connectivity index (χ3n) is 6.21. The minimum atomic E-state index is -0.280. The quantitative estimate of drug-likeness (QED) is 0.814. The van der Waals surface area contributed by atoms with Crippen molar-refractivity contribution in [3.05, 3.63) is 58.8 Å². The second-order valence-electron chi connectivity index (χ2n) is 7.95. The monoisotopic (exact) mass is 421 g/mol. The second-order valence-corrected chi connectivity index (χ2v) is 7.95. The standard InChI is InChI=1S/C24H23NO6/c1-28-19-5-3-13(9-21(19)29-2)15-7-17-24(18(26)8-15)16(11-23(27)25-17)14-4-6-20-22(10-14)31-12-30-20/h3-6,9-10,15-16H,7-8,11-12H2,1-2H3,(H,25,27)/t15-,16+/m1/s1. The van der Waals surface area contributed by atoms with Gasteiger partial charge in [-0.1, -0.05) is 12.1 Å². The van der Waals surface area contributed by atoms with E-state index in [0.717, 1.165) is 16.8 Å². The van der Waals surface area contributed by atoms with E-state index in [1.54, 1.807) is 14.2 Å². The molecule has 1 N–H and O–H groups in total. The first kappa shape index (κ1) is 19.5. The van der Waals surface area contributed by atoms with Gasteiger partial charge in [0.1, 0.15) is 0 Å². The Hall–Kier alpha value is -3.48. The van der Waals surface area contributed by atoms with Gasteiger partial charge in [0.15, 0.2) is 28.8 Å². The number of allylic oxidation sites excluding steroid dienone is 2. The van der Waals surface area contributed by atoms with E-state index in [2.05, 4.69) is 5.32 Å². The highest BCUT2D eigenvalue weighted by atomic mass is 16.7. The fourth-order valence-electron chi connectivity index (χ4n) is 4.72. The van der Waals surface area contributed by atoms with Crippen molar-refractivity contribution in [3.8, 4) is 23.0 Å². The number of hydrogen-bond acceptors (Lipinski definition) is 6. The highest BCUT2D eigenvalue weighted by Crippen LogP contribution is 2.45. The number of fused-ring (bicyclic) bond motifs is 1. The van der Waals surface area contributed by atoms with Crippen LogP contribution in [0.2, 0.25) is 0 Å². The fraction of sp³-hybridized carbons (Fsp3) is 0.333. The van der Waals surface area contributed by atoms with Gasteiger partial charge in [0, 0.05) is 30.0 Å². The lowest BCUT2D eigenvalue weighted by atomic mass is 9.73. The number of benzene rings is 2. The summed E-state index contributed by atoms with van der Waals surface area (Å²) < 4.78 is 21.6. The van der Waals surface area contributed by atoms with Crippen LogP contribution in [-0.4, -0.2) is 32.7 Å². The Bertz CT molecular complexity index is 1110. The van der Waals surface area contributed by atoms with Crippen molar-refractivity contribution in [2.24, 2.45) is 0 Å². The second kappa shape index (κ2) is 7.65. The third kappa shape index (κ3) is 3.40. The van der Waals surface area contributed by atoms with Crippen LogP contribution in [0.1, 0.15) is 42.2 Å². The molecular formula is C24H23NO6. The molecule has 1 amide bonds. The van der Waals surface area contributed by atoms with Crippen LogP contribution in [0.5, 0.6) is 23.0 Å². The number of nitrogens with one attached hydrogen (secondary N) is 1. The molecule has 160 valence electrons. The maximum absolute atomic E-state index is 13.3. The van der Waals surface area contributed by atoms with Crippen molar-refractivity contribution in [1.29, 1.82) is 0 Å². The number of carbonyl (C=O) groups is 2. The number of amides is 1. The molecule has 2 aromatic carbocycles. The predicted octanol–water partition coefficient (Wildman–Crippen LogP) is 3.44. The average molecular weight is 421 g/mol. The zero-order chi connectivity index (χ0) is 21.5. The summed E-state index contributed by atoms with van der Waals surface area (Å²) in [6.45, 7) is 0.184. The first-order chi connectivity index (χ1) is 15.1. The molecule has 0 bridgehead atoms. The van der Waals surface area contributed by atoms with Crippen molar-refractivity contribution in [1.82, 2.24) is 5.32 Å². The molecule has 1 aliphatic carbocycles.